The summed E-state index contributed by atoms with van der Waals surface area (Å²) in [5.41, 5.74) is 1.03. The number of methoxy groups -OCH3 is 1. The highest BCUT2D eigenvalue weighted by Gasteiger charge is 2.35. The zero-order chi connectivity index (χ0) is 26.0. The molecule has 7 nitrogen and oxygen atoms in total. The number of fused-ring (bicyclic) bond motifs is 1. The largest absolute Gasteiger partial charge is 0.467 e. The van der Waals surface area contributed by atoms with E-state index in [-0.39, 0.29) is 35.6 Å². The van der Waals surface area contributed by atoms with E-state index < -0.39 is 23.5 Å². The molecule has 1 N–H and O–H groups in total. The molecule has 1 heterocycles. The maximum atomic E-state index is 13.7. The Bertz CT molecular complexity index is 1380. The first-order valence-electron chi connectivity index (χ1n) is 11.6. The number of Topliss-reactive ketones (excluding diaryl/α,β-unsaturated/α-hetero) is 1. The van der Waals surface area contributed by atoms with Crippen molar-refractivity contribution in [1.29, 1.82) is 0 Å². The van der Waals surface area contributed by atoms with Crippen molar-refractivity contribution in [3.05, 3.63) is 98.4 Å². The first-order valence-corrected chi connectivity index (χ1v) is 12.0. The molecular formula is C28H28Cl2N2O5. The summed E-state index contributed by atoms with van der Waals surface area (Å²) in [7, 11) is 1.24. The summed E-state index contributed by atoms with van der Waals surface area (Å²) in [4.78, 5) is 52.6. The molecule has 37 heavy (non-hydrogen) atoms. The Labute approximate surface area is 226 Å². The minimum absolute atomic E-state index is 0. The van der Waals surface area contributed by atoms with Crippen LogP contribution in [0.4, 0.5) is 0 Å². The van der Waals surface area contributed by atoms with Crippen LogP contribution in [0.25, 0.3) is 5.69 Å². The normalized spacial score (nSPS) is 14.6. The molecular weight excluding hydrogens is 515 g/mol. The van der Waals surface area contributed by atoms with E-state index in [9.17, 15) is 19.2 Å². The van der Waals surface area contributed by atoms with Gasteiger partial charge in [0, 0.05) is 34.8 Å². The molecule has 1 amide bonds. The molecule has 1 aliphatic carbocycles. The van der Waals surface area contributed by atoms with Gasteiger partial charge in [-0.2, -0.15) is 0 Å². The number of benzene rings is 2. The third-order valence-corrected chi connectivity index (χ3v) is 6.54. The van der Waals surface area contributed by atoms with Gasteiger partial charge in [-0.1, -0.05) is 55.8 Å². The number of carbonyl (C=O) groups excluding carboxylic acids is 3. The quantitative estimate of drug-likeness (QED) is 0.460. The highest BCUT2D eigenvalue weighted by molar-refractivity contribution is 6.30. The molecule has 0 fully saturated rings. The fourth-order valence-corrected chi connectivity index (χ4v) is 4.69. The number of halogens is 2. The number of hydrogen-bond donors (Lipinski definition) is 1. The number of ether oxygens (including phenoxy) is 1. The van der Waals surface area contributed by atoms with Gasteiger partial charge in [0.05, 0.1) is 7.11 Å². The maximum absolute atomic E-state index is 13.7. The lowest BCUT2D eigenvalue weighted by atomic mass is 9.75. The predicted molar refractivity (Wildman–Crippen MR) is 144 cm³/mol. The molecule has 0 bridgehead atoms. The van der Waals surface area contributed by atoms with Crippen LogP contribution in [0.5, 0.6) is 0 Å². The molecule has 9 heteroatoms. The van der Waals surface area contributed by atoms with Gasteiger partial charge in [-0.3, -0.25) is 19.0 Å². The van der Waals surface area contributed by atoms with Crippen molar-refractivity contribution < 1.29 is 19.1 Å². The number of pyridine rings is 1. The van der Waals surface area contributed by atoms with Crippen LogP contribution in [0, 0.1) is 5.41 Å². The number of carbonyl (C=O) groups is 3. The van der Waals surface area contributed by atoms with Crippen LogP contribution in [0.3, 0.4) is 0 Å². The van der Waals surface area contributed by atoms with Crippen molar-refractivity contribution >= 4 is 41.7 Å². The van der Waals surface area contributed by atoms with Crippen LogP contribution in [0.1, 0.15) is 52.2 Å². The van der Waals surface area contributed by atoms with Crippen LogP contribution in [0.15, 0.2) is 65.5 Å². The number of nitrogens with one attached hydrogen (secondary N) is 1. The van der Waals surface area contributed by atoms with E-state index in [1.54, 1.807) is 24.3 Å². The van der Waals surface area contributed by atoms with Crippen LogP contribution in [-0.4, -0.2) is 35.4 Å². The third-order valence-electron chi connectivity index (χ3n) is 6.29. The van der Waals surface area contributed by atoms with Gasteiger partial charge in [-0.15, -0.1) is 12.4 Å². The molecule has 0 spiro atoms. The first-order chi connectivity index (χ1) is 17.1. The van der Waals surface area contributed by atoms with E-state index in [0.717, 1.165) is 5.56 Å². The molecule has 4 rings (SSSR count). The molecule has 1 aromatic heterocycles. The average Bonchev–Trinajstić information content (AvgIpc) is 2.83. The Hall–Kier alpha value is -3.42. The zero-order valence-electron chi connectivity index (χ0n) is 20.7. The first kappa shape index (κ1) is 28.2. The topological polar surface area (TPSA) is 94.5 Å². The van der Waals surface area contributed by atoms with Crippen LogP contribution < -0.4 is 10.9 Å². The molecule has 2 aromatic carbocycles. The Morgan fingerprint density at radius 3 is 2.32 bits per heavy atom. The van der Waals surface area contributed by atoms with Crippen molar-refractivity contribution in [2.75, 3.05) is 7.11 Å². The molecule has 1 atom stereocenters. The van der Waals surface area contributed by atoms with Crippen molar-refractivity contribution in [3.63, 3.8) is 0 Å². The second kappa shape index (κ2) is 11.3. The second-order valence-corrected chi connectivity index (χ2v) is 10.2. The Kier molecular flexibility index (Phi) is 8.61. The van der Waals surface area contributed by atoms with E-state index in [1.165, 1.54) is 17.7 Å². The Morgan fingerprint density at radius 1 is 1.05 bits per heavy atom. The second-order valence-electron chi connectivity index (χ2n) is 9.72. The van der Waals surface area contributed by atoms with Crippen LogP contribution in [0.2, 0.25) is 5.02 Å². The molecule has 0 saturated carbocycles. The summed E-state index contributed by atoms with van der Waals surface area (Å²) in [5.74, 6) is -1.54. The van der Waals surface area contributed by atoms with E-state index in [1.807, 2.05) is 44.2 Å². The number of aromatic nitrogens is 1. The summed E-state index contributed by atoms with van der Waals surface area (Å²) < 4.78 is 6.29. The minimum Gasteiger partial charge on any atom is -0.467 e. The Balaban J connectivity index is 0.00000380. The van der Waals surface area contributed by atoms with Gasteiger partial charge in [0.25, 0.3) is 11.5 Å². The summed E-state index contributed by atoms with van der Waals surface area (Å²) in [6.07, 6.45) is 0.952. The lowest BCUT2D eigenvalue weighted by Gasteiger charge is -2.32. The summed E-state index contributed by atoms with van der Waals surface area (Å²) in [5, 5.41) is 3.13. The van der Waals surface area contributed by atoms with Gasteiger partial charge in [0.2, 0.25) is 0 Å². The predicted octanol–water partition coefficient (Wildman–Crippen LogP) is 4.58. The van der Waals surface area contributed by atoms with Gasteiger partial charge in [0.1, 0.15) is 11.6 Å². The van der Waals surface area contributed by atoms with Crippen molar-refractivity contribution in [2.45, 2.75) is 39.2 Å². The monoisotopic (exact) mass is 542 g/mol. The van der Waals surface area contributed by atoms with Crippen LogP contribution >= 0.6 is 24.0 Å². The number of rotatable bonds is 6. The molecule has 194 valence electrons. The smallest absolute Gasteiger partial charge is 0.328 e. The standard InChI is InChI=1S/C28H27ClN2O5.ClH/c1-28(2)15-23-20(24(32)16-28)14-21(26(34)31(23)19-11-9-18(29)10-12-19)25(33)30-22(27(35)36-3)13-17-7-5-4-6-8-17;/h4-12,14,22H,13,15-16H2,1-3H3,(H,30,33);1H. The summed E-state index contributed by atoms with van der Waals surface area (Å²) >= 11 is 6.05. The number of amides is 1. The lowest BCUT2D eigenvalue weighted by Crippen LogP contribution is -2.46. The van der Waals surface area contributed by atoms with Crippen LogP contribution in [-0.2, 0) is 22.4 Å². The fraction of sp³-hybridized carbons (Fsp3) is 0.286. The van der Waals surface area contributed by atoms with Crippen molar-refractivity contribution in [3.8, 4) is 5.69 Å². The zero-order valence-corrected chi connectivity index (χ0v) is 22.3. The average molecular weight is 543 g/mol. The van der Waals surface area contributed by atoms with Gasteiger partial charge in [-0.25, -0.2) is 4.79 Å². The SMILES string of the molecule is COC(=O)C(Cc1ccccc1)NC(=O)c1cc2c(n(-c3ccc(Cl)cc3)c1=O)CC(C)(C)CC2=O.Cl. The van der Waals surface area contributed by atoms with Gasteiger partial charge in [-0.05, 0) is 47.7 Å². The molecule has 1 unspecified atom stereocenters. The lowest BCUT2D eigenvalue weighted by molar-refractivity contribution is -0.142. The van der Waals surface area contributed by atoms with Gasteiger partial charge >= 0.3 is 5.97 Å². The van der Waals surface area contributed by atoms with E-state index >= 15 is 0 Å². The summed E-state index contributed by atoms with van der Waals surface area (Å²) in [6, 6.07) is 16.1. The van der Waals surface area contributed by atoms with E-state index in [4.69, 9.17) is 16.3 Å². The van der Waals surface area contributed by atoms with E-state index in [0.29, 0.717) is 34.8 Å². The van der Waals surface area contributed by atoms with E-state index in [2.05, 4.69) is 5.32 Å². The molecule has 0 radical (unpaired) electrons. The van der Waals surface area contributed by atoms with Gasteiger partial charge in [0.15, 0.2) is 5.78 Å². The molecule has 3 aromatic rings. The molecule has 0 saturated heterocycles. The minimum atomic E-state index is -1.01. The summed E-state index contributed by atoms with van der Waals surface area (Å²) in [6.45, 7) is 3.94. The number of esters is 1. The number of hydrogen-bond acceptors (Lipinski definition) is 5. The maximum Gasteiger partial charge on any atom is 0.328 e. The number of nitrogens with zero attached hydrogens (tertiary/aromatic N) is 1. The molecule has 0 aliphatic heterocycles. The highest BCUT2D eigenvalue weighted by Crippen LogP contribution is 2.35. The van der Waals surface area contributed by atoms with Crippen molar-refractivity contribution in [1.82, 2.24) is 9.88 Å². The third kappa shape index (κ3) is 6.12. The highest BCUT2D eigenvalue weighted by atomic mass is 35.5. The van der Waals surface area contributed by atoms with Crippen molar-refractivity contribution in [2.24, 2.45) is 5.41 Å². The number of ketones is 1. The Morgan fingerprint density at radius 2 is 1.70 bits per heavy atom. The molecule has 1 aliphatic rings. The van der Waals surface area contributed by atoms with Gasteiger partial charge < -0.3 is 10.1 Å². The fourth-order valence-electron chi connectivity index (χ4n) is 4.56.